The summed E-state index contributed by atoms with van der Waals surface area (Å²) < 4.78 is 45.0. The first-order valence-electron chi connectivity index (χ1n) is 6.19. The van der Waals surface area contributed by atoms with Gasteiger partial charge in [0.2, 0.25) is 0 Å². The van der Waals surface area contributed by atoms with Crippen molar-refractivity contribution in [1.82, 2.24) is 9.38 Å². The fraction of sp³-hybridized carbons (Fsp3) is 0.133. The predicted octanol–water partition coefficient (Wildman–Crippen LogP) is 4.03. The van der Waals surface area contributed by atoms with Gasteiger partial charge in [0.1, 0.15) is 17.1 Å². The monoisotopic (exact) mass is 292 g/mol. The van der Waals surface area contributed by atoms with E-state index in [4.69, 9.17) is 4.74 Å². The lowest BCUT2D eigenvalue weighted by Crippen LogP contribution is -2.10. The molecule has 0 saturated carbocycles. The van der Waals surface area contributed by atoms with Gasteiger partial charge in [0.15, 0.2) is 0 Å². The third-order valence-corrected chi connectivity index (χ3v) is 3.17. The summed E-state index contributed by atoms with van der Waals surface area (Å²) in [5.41, 5.74) is 0.727. The highest BCUT2D eigenvalue weighted by molar-refractivity contribution is 5.63. The van der Waals surface area contributed by atoms with Crippen LogP contribution in [0, 0.1) is 0 Å². The van der Waals surface area contributed by atoms with Crippen LogP contribution >= 0.6 is 0 Å². The maximum atomic E-state index is 13.0. The Labute approximate surface area is 118 Å². The number of pyridine rings is 1. The fourth-order valence-electron chi connectivity index (χ4n) is 2.14. The van der Waals surface area contributed by atoms with Crippen LogP contribution in [-0.2, 0) is 6.18 Å². The molecule has 0 aliphatic rings. The summed E-state index contributed by atoms with van der Waals surface area (Å²) >= 11 is 0. The Balaban J connectivity index is 2.12. The number of rotatable bonds is 2. The number of ether oxygens (including phenoxy) is 1. The van der Waals surface area contributed by atoms with Crippen molar-refractivity contribution in [2.45, 2.75) is 6.18 Å². The van der Waals surface area contributed by atoms with E-state index in [1.807, 2.05) is 0 Å². The van der Waals surface area contributed by atoms with Gasteiger partial charge in [-0.15, -0.1) is 0 Å². The SMILES string of the molecule is COc1ccc(-c2cn3c(C(F)(F)F)cccc3n2)cc1. The molecule has 3 aromatic rings. The van der Waals surface area contributed by atoms with Gasteiger partial charge in [-0.3, -0.25) is 4.40 Å². The first kappa shape index (κ1) is 13.5. The molecule has 0 spiro atoms. The summed E-state index contributed by atoms with van der Waals surface area (Å²) in [6.45, 7) is 0. The third kappa shape index (κ3) is 2.44. The second kappa shape index (κ2) is 4.80. The molecule has 0 saturated heterocycles. The Kier molecular flexibility index (Phi) is 3.08. The molecule has 0 atom stereocenters. The van der Waals surface area contributed by atoms with E-state index in [9.17, 15) is 13.2 Å². The summed E-state index contributed by atoms with van der Waals surface area (Å²) in [6.07, 6.45) is -3.03. The zero-order valence-corrected chi connectivity index (χ0v) is 11.1. The van der Waals surface area contributed by atoms with E-state index in [0.29, 0.717) is 11.4 Å². The van der Waals surface area contributed by atoms with E-state index >= 15 is 0 Å². The second-order valence-electron chi connectivity index (χ2n) is 4.49. The van der Waals surface area contributed by atoms with Crippen molar-refractivity contribution in [2.24, 2.45) is 0 Å². The number of imidazole rings is 1. The van der Waals surface area contributed by atoms with Gasteiger partial charge in [-0.1, -0.05) is 6.07 Å². The Bertz CT molecular complexity index is 776. The van der Waals surface area contributed by atoms with Gasteiger partial charge in [-0.25, -0.2) is 4.98 Å². The van der Waals surface area contributed by atoms with Gasteiger partial charge in [-0.2, -0.15) is 13.2 Å². The Hall–Kier alpha value is -2.50. The van der Waals surface area contributed by atoms with Gasteiger partial charge in [0, 0.05) is 11.8 Å². The minimum absolute atomic E-state index is 0.260. The third-order valence-electron chi connectivity index (χ3n) is 3.17. The van der Waals surface area contributed by atoms with E-state index in [0.717, 1.165) is 16.0 Å². The Morgan fingerprint density at radius 3 is 2.38 bits per heavy atom. The van der Waals surface area contributed by atoms with Crippen molar-refractivity contribution in [1.29, 1.82) is 0 Å². The molecule has 6 heteroatoms. The van der Waals surface area contributed by atoms with Crippen LogP contribution in [0.2, 0.25) is 0 Å². The summed E-state index contributed by atoms with van der Waals surface area (Å²) in [7, 11) is 1.55. The van der Waals surface area contributed by atoms with Crippen LogP contribution in [0.3, 0.4) is 0 Å². The molecule has 1 aromatic carbocycles. The molecule has 3 nitrogen and oxygen atoms in total. The van der Waals surface area contributed by atoms with Gasteiger partial charge in [0.25, 0.3) is 0 Å². The number of methoxy groups -OCH3 is 1. The highest BCUT2D eigenvalue weighted by atomic mass is 19.4. The van der Waals surface area contributed by atoms with Crippen molar-refractivity contribution in [3.63, 3.8) is 0 Å². The number of nitrogens with zero attached hydrogens (tertiary/aromatic N) is 2. The van der Waals surface area contributed by atoms with Crippen LogP contribution in [0.5, 0.6) is 5.75 Å². The summed E-state index contributed by atoms with van der Waals surface area (Å²) in [5, 5.41) is 0. The molecular weight excluding hydrogens is 281 g/mol. The number of hydrogen-bond acceptors (Lipinski definition) is 2. The van der Waals surface area contributed by atoms with Crippen molar-refractivity contribution >= 4 is 5.65 Å². The van der Waals surface area contributed by atoms with Crippen molar-refractivity contribution in [3.8, 4) is 17.0 Å². The summed E-state index contributed by atoms with van der Waals surface area (Å²) in [5.74, 6) is 0.679. The molecule has 0 fully saturated rings. The normalized spacial score (nSPS) is 11.8. The number of fused-ring (bicyclic) bond motifs is 1. The molecule has 2 aromatic heterocycles. The highest BCUT2D eigenvalue weighted by Gasteiger charge is 2.33. The first-order valence-corrected chi connectivity index (χ1v) is 6.19. The van der Waals surface area contributed by atoms with E-state index < -0.39 is 11.9 Å². The van der Waals surface area contributed by atoms with Gasteiger partial charge in [-0.05, 0) is 36.4 Å². The molecule has 2 heterocycles. The van der Waals surface area contributed by atoms with Crippen molar-refractivity contribution in [2.75, 3.05) is 7.11 Å². The Morgan fingerprint density at radius 1 is 1.05 bits per heavy atom. The maximum Gasteiger partial charge on any atom is 0.431 e. The molecule has 21 heavy (non-hydrogen) atoms. The molecule has 0 radical (unpaired) electrons. The number of aromatic nitrogens is 2. The molecule has 0 aliphatic carbocycles. The van der Waals surface area contributed by atoms with E-state index in [-0.39, 0.29) is 5.65 Å². The maximum absolute atomic E-state index is 13.0. The van der Waals surface area contributed by atoms with Gasteiger partial charge < -0.3 is 4.74 Å². The smallest absolute Gasteiger partial charge is 0.431 e. The average Bonchev–Trinajstić information content (AvgIpc) is 2.90. The van der Waals surface area contributed by atoms with Crippen LogP contribution in [-0.4, -0.2) is 16.5 Å². The summed E-state index contributed by atoms with van der Waals surface area (Å²) in [6, 6.07) is 10.9. The molecule has 0 aliphatic heterocycles. The minimum atomic E-state index is -4.42. The zero-order valence-electron chi connectivity index (χ0n) is 11.1. The quantitative estimate of drug-likeness (QED) is 0.713. The number of benzene rings is 1. The van der Waals surface area contributed by atoms with Crippen LogP contribution in [0.4, 0.5) is 13.2 Å². The molecule has 3 rings (SSSR count). The number of alkyl halides is 3. The molecule has 0 unspecified atom stereocenters. The van der Waals surface area contributed by atoms with Crippen molar-refractivity contribution in [3.05, 3.63) is 54.4 Å². The molecular formula is C15H11F3N2O. The second-order valence-corrected chi connectivity index (χ2v) is 4.49. The largest absolute Gasteiger partial charge is 0.497 e. The Morgan fingerprint density at radius 2 is 1.76 bits per heavy atom. The number of hydrogen-bond donors (Lipinski definition) is 0. The highest BCUT2D eigenvalue weighted by Crippen LogP contribution is 2.31. The minimum Gasteiger partial charge on any atom is -0.497 e. The standard InChI is InChI=1S/C15H11F3N2O/c1-21-11-7-5-10(6-8-11)12-9-20-13(15(16,17)18)3-2-4-14(20)19-12/h2-9H,1H3. The predicted molar refractivity (Wildman–Crippen MR) is 72.2 cm³/mol. The van der Waals surface area contributed by atoms with Crippen LogP contribution in [0.1, 0.15) is 5.69 Å². The summed E-state index contributed by atoms with van der Waals surface area (Å²) in [4.78, 5) is 4.23. The van der Waals surface area contributed by atoms with Gasteiger partial charge in [0.05, 0.1) is 12.8 Å². The van der Waals surface area contributed by atoms with Crippen LogP contribution < -0.4 is 4.74 Å². The zero-order chi connectivity index (χ0) is 15.0. The topological polar surface area (TPSA) is 26.5 Å². The van der Waals surface area contributed by atoms with E-state index in [1.54, 1.807) is 37.4 Å². The van der Waals surface area contributed by atoms with Crippen LogP contribution in [0.25, 0.3) is 16.9 Å². The van der Waals surface area contributed by atoms with Gasteiger partial charge >= 0.3 is 6.18 Å². The van der Waals surface area contributed by atoms with E-state index in [2.05, 4.69) is 4.98 Å². The van der Waals surface area contributed by atoms with Crippen LogP contribution in [0.15, 0.2) is 48.7 Å². The first-order chi connectivity index (χ1) is 9.99. The lowest BCUT2D eigenvalue weighted by atomic mass is 10.2. The lowest BCUT2D eigenvalue weighted by molar-refractivity contribution is -0.142. The number of halogens is 3. The molecule has 0 amide bonds. The molecule has 0 N–H and O–H groups in total. The molecule has 108 valence electrons. The van der Waals surface area contributed by atoms with E-state index in [1.165, 1.54) is 12.3 Å². The lowest BCUT2D eigenvalue weighted by Gasteiger charge is -2.08. The molecule has 0 bridgehead atoms. The average molecular weight is 292 g/mol. The fourth-order valence-corrected chi connectivity index (χ4v) is 2.14. The van der Waals surface area contributed by atoms with Crippen molar-refractivity contribution < 1.29 is 17.9 Å².